The number of rotatable bonds is 5. The van der Waals surface area contributed by atoms with Gasteiger partial charge in [-0.2, -0.15) is 0 Å². The lowest BCUT2D eigenvalue weighted by molar-refractivity contribution is 0.104. The molecule has 0 aliphatic rings. The molecule has 0 amide bonds. The minimum atomic E-state index is -0.750. The van der Waals surface area contributed by atoms with E-state index >= 15 is 0 Å². The highest BCUT2D eigenvalue weighted by Crippen LogP contribution is 2.25. The summed E-state index contributed by atoms with van der Waals surface area (Å²) in [5.41, 5.74) is 1.06. The first-order chi connectivity index (χ1) is 9.22. The van der Waals surface area contributed by atoms with Crippen molar-refractivity contribution < 1.29 is 14.6 Å². The molecule has 0 radical (unpaired) electrons. The Hall–Kier alpha value is -1.84. The Kier molecular flexibility index (Phi) is 4.55. The highest BCUT2D eigenvalue weighted by molar-refractivity contribution is 6.33. The molecule has 0 heterocycles. The molecule has 0 spiro atoms. The highest BCUT2D eigenvalue weighted by Gasteiger charge is 2.11. The number of hydrogen-bond acceptors (Lipinski definition) is 3. The van der Waals surface area contributed by atoms with Gasteiger partial charge in [0.15, 0.2) is 6.29 Å². The lowest BCUT2D eigenvalue weighted by Crippen LogP contribution is -2.10. The summed E-state index contributed by atoms with van der Waals surface area (Å²) in [7, 11) is 0. The summed E-state index contributed by atoms with van der Waals surface area (Å²) in [6.07, 6.45) is -0.105. The molecule has 4 heteroatoms. The fourth-order valence-corrected chi connectivity index (χ4v) is 1.91. The quantitative estimate of drug-likeness (QED) is 0.853. The number of hydrogen-bond donors (Lipinski definition) is 1. The van der Waals surface area contributed by atoms with Crippen LogP contribution in [0, 0.1) is 0 Å². The van der Waals surface area contributed by atoms with Crippen LogP contribution < -0.4 is 4.74 Å². The maximum atomic E-state index is 10.9. The topological polar surface area (TPSA) is 46.5 Å². The van der Waals surface area contributed by atoms with Gasteiger partial charge in [0.05, 0.1) is 10.6 Å². The van der Waals surface area contributed by atoms with E-state index < -0.39 is 6.10 Å². The minimum Gasteiger partial charge on any atom is -0.490 e. The molecule has 0 aromatic heterocycles. The van der Waals surface area contributed by atoms with Gasteiger partial charge in [-0.25, -0.2) is 0 Å². The average Bonchev–Trinajstić information content (AvgIpc) is 2.45. The van der Waals surface area contributed by atoms with Gasteiger partial charge in [0, 0.05) is 0 Å². The van der Waals surface area contributed by atoms with E-state index in [1.54, 1.807) is 18.2 Å². The molecule has 3 nitrogen and oxygen atoms in total. The van der Waals surface area contributed by atoms with Crippen LogP contribution in [0.1, 0.15) is 22.0 Å². The number of carbonyl (C=O) groups is 1. The monoisotopic (exact) mass is 276 g/mol. The van der Waals surface area contributed by atoms with Crippen molar-refractivity contribution >= 4 is 17.9 Å². The Balaban J connectivity index is 2.07. The summed E-state index contributed by atoms with van der Waals surface area (Å²) in [4.78, 5) is 10.9. The van der Waals surface area contributed by atoms with Crippen molar-refractivity contribution in [1.82, 2.24) is 0 Å². The third kappa shape index (κ3) is 3.34. The van der Waals surface area contributed by atoms with Crippen LogP contribution in [0.4, 0.5) is 0 Å². The number of aldehydes is 1. The van der Waals surface area contributed by atoms with Gasteiger partial charge in [0.25, 0.3) is 0 Å². The Morgan fingerprint density at radius 2 is 1.89 bits per heavy atom. The largest absolute Gasteiger partial charge is 0.490 e. The van der Waals surface area contributed by atoms with E-state index in [9.17, 15) is 9.90 Å². The zero-order valence-corrected chi connectivity index (χ0v) is 10.9. The Bertz CT molecular complexity index is 555. The Morgan fingerprint density at radius 3 is 2.58 bits per heavy atom. The van der Waals surface area contributed by atoms with Crippen LogP contribution in [0.3, 0.4) is 0 Å². The number of benzene rings is 2. The van der Waals surface area contributed by atoms with E-state index in [1.807, 2.05) is 30.3 Å². The molecular formula is C15H13ClO3. The van der Waals surface area contributed by atoms with Gasteiger partial charge in [-0.3, -0.25) is 4.79 Å². The van der Waals surface area contributed by atoms with Crippen LogP contribution in [0.15, 0.2) is 48.5 Å². The van der Waals surface area contributed by atoms with E-state index in [4.69, 9.17) is 16.3 Å². The second-order valence-electron chi connectivity index (χ2n) is 4.01. The van der Waals surface area contributed by atoms with E-state index in [-0.39, 0.29) is 6.61 Å². The molecule has 19 heavy (non-hydrogen) atoms. The van der Waals surface area contributed by atoms with Crippen LogP contribution in [-0.2, 0) is 0 Å². The van der Waals surface area contributed by atoms with Crippen molar-refractivity contribution in [2.75, 3.05) is 6.61 Å². The van der Waals surface area contributed by atoms with Gasteiger partial charge in [-0.15, -0.1) is 0 Å². The van der Waals surface area contributed by atoms with E-state index in [0.717, 1.165) is 5.56 Å². The third-order valence-electron chi connectivity index (χ3n) is 2.71. The van der Waals surface area contributed by atoms with Gasteiger partial charge in [0.2, 0.25) is 0 Å². The molecule has 0 aliphatic carbocycles. The zero-order valence-electron chi connectivity index (χ0n) is 10.1. The van der Waals surface area contributed by atoms with Crippen LogP contribution in [-0.4, -0.2) is 18.0 Å². The molecular weight excluding hydrogens is 264 g/mol. The van der Waals surface area contributed by atoms with Crippen molar-refractivity contribution in [3.8, 4) is 5.75 Å². The molecule has 0 saturated heterocycles. The number of aliphatic hydroxyl groups excluding tert-OH is 1. The van der Waals surface area contributed by atoms with Crippen molar-refractivity contribution in [1.29, 1.82) is 0 Å². The molecule has 0 aliphatic heterocycles. The van der Waals surface area contributed by atoms with Crippen molar-refractivity contribution in [2.45, 2.75) is 6.10 Å². The van der Waals surface area contributed by atoms with Gasteiger partial charge in [0.1, 0.15) is 18.5 Å². The SMILES string of the molecule is O=Cc1c(Cl)cccc1OCC(O)c1ccccc1. The number of ether oxygens (including phenoxy) is 1. The summed E-state index contributed by atoms with van der Waals surface area (Å²) in [5.74, 6) is 0.373. The number of aliphatic hydroxyl groups is 1. The predicted molar refractivity (Wildman–Crippen MR) is 73.7 cm³/mol. The summed E-state index contributed by atoms with van der Waals surface area (Å²) in [5, 5.41) is 10.3. The van der Waals surface area contributed by atoms with Crippen molar-refractivity contribution in [3.05, 3.63) is 64.7 Å². The molecule has 98 valence electrons. The third-order valence-corrected chi connectivity index (χ3v) is 3.04. The van der Waals surface area contributed by atoms with Crippen molar-refractivity contribution in [3.63, 3.8) is 0 Å². The van der Waals surface area contributed by atoms with Crippen LogP contribution in [0.2, 0.25) is 5.02 Å². The van der Waals surface area contributed by atoms with Gasteiger partial charge < -0.3 is 9.84 Å². The molecule has 0 bridgehead atoms. The molecule has 2 aromatic carbocycles. The minimum absolute atomic E-state index is 0.0607. The molecule has 1 atom stereocenters. The van der Waals surface area contributed by atoms with E-state index in [2.05, 4.69) is 0 Å². The molecule has 0 saturated carbocycles. The first-order valence-corrected chi connectivity index (χ1v) is 6.19. The molecule has 1 N–H and O–H groups in total. The fourth-order valence-electron chi connectivity index (χ4n) is 1.70. The predicted octanol–water partition coefficient (Wildman–Crippen LogP) is 3.26. The zero-order chi connectivity index (χ0) is 13.7. The Labute approximate surface area is 116 Å². The van der Waals surface area contributed by atoms with E-state index in [1.165, 1.54) is 0 Å². The second kappa shape index (κ2) is 6.36. The highest BCUT2D eigenvalue weighted by atomic mass is 35.5. The molecule has 2 aromatic rings. The van der Waals surface area contributed by atoms with Gasteiger partial charge >= 0.3 is 0 Å². The lowest BCUT2D eigenvalue weighted by atomic mass is 10.1. The fraction of sp³-hybridized carbons (Fsp3) is 0.133. The number of carbonyl (C=O) groups excluding carboxylic acids is 1. The summed E-state index contributed by atoms with van der Waals surface area (Å²) < 4.78 is 5.46. The van der Waals surface area contributed by atoms with Crippen molar-refractivity contribution in [2.24, 2.45) is 0 Å². The smallest absolute Gasteiger partial charge is 0.155 e. The molecule has 0 fully saturated rings. The van der Waals surface area contributed by atoms with Crippen LogP contribution >= 0.6 is 11.6 Å². The van der Waals surface area contributed by atoms with Crippen LogP contribution in [0.25, 0.3) is 0 Å². The van der Waals surface area contributed by atoms with E-state index in [0.29, 0.717) is 22.6 Å². The number of halogens is 1. The van der Waals surface area contributed by atoms with Gasteiger partial charge in [-0.1, -0.05) is 48.0 Å². The maximum absolute atomic E-state index is 10.9. The Morgan fingerprint density at radius 1 is 1.16 bits per heavy atom. The first kappa shape index (κ1) is 13.6. The summed E-state index contributed by atoms with van der Waals surface area (Å²) in [6, 6.07) is 14.1. The maximum Gasteiger partial charge on any atom is 0.155 e. The van der Waals surface area contributed by atoms with Crippen LogP contribution in [0.5, 0.6) is 5.75 Å². The van der Waals surface area contributed by atoms with Gasteiger partial charge in [-0.05, 0) is 17.7 Å². The second-order valence-corrected chi connectivity index (χ2v) is 4.41. The molecule has 2 rings (SSSR count). The summed E-state index contributed by atoms with van der Waals surface area (Å²) in [6.45, 7) is 0.0607. The molecule has 1 unspecified atom stereocenters. The summed E-state index contributed by atoms with van der Waals surface area (Å²) >= 11 is 5.89. The standard InChI is InChI=1S/C15H13ClO3/c16-13-7-4-8-15(12(13)9-17)19-10-14(18)11-5-2-1-3-6-11/h1-9,14,18H,10H2. The average molecular weight is 277 g/mol. The normalized spacial score (nSPS) is 11.9. The lowest BCUT2D eigenvalue weighted by Gasteiger charge is -2.14. The first-order valence-electron chi connectivity index (χ1n) is 5.82.